The van der Waals surface area contributed by atoms with Gasteiger partial charge in [-0.2, -0.15) is 0 Å². The van der Waals surface area contributed by atoms with Crippen LogP contribution in [0.15, 0.2) is 53.9 Å². The second-order valence-corrected chi connectivity index (χ2v) is 7.47. The number of hydrogen-bond donors (Lipinski definition) is 0. The van der Waals surface area contributed by atoms with E-state index >= 15 is 0 Å². The molecule has 4 nitrogen and oxygen atoms in total. The molecule has 0 unspecified atom stereocenters. The zero-order valence-electron chi connectivity index (χ0n) is 15.3. The summed E-state index contributed by atoms with van der Waals surface area (Å²) in [5.74, 6) is 0.670. The van der Waals surface area contributed by atoms with E-state index in [0.29, 0.717) is 0 Å². The van der Waals surface area contributed by atoms with Crippen molar-refractivity contribution in [2.45, 2.75) is 6.54 Å². The van der Waals surface area contributed by atoms with Crippen LogP contribution in [0.4, 0.5) is 10.1 Å². The van der Waals surface area contributed by atoms with Crippen molar-refractivity contribution >= 4 is 17.0 Å². The Morgan fingerprint density at radius 1 is 1.00 bits per heavy atom. The summed E-state index contributed by atoms with van der Waals surface area (Å²) in [6, 6.07) is 14.8. The molecule has 0 bridgehead atoms. The Labute approximate surface area is 162 Å². The van der Waals surface area contributed by atoms with E-state index in [1.807, 2.05) is 12.1 Å². The third-order valence-corrected chi connectivity index (χ3v) is 5.78. The minimum Gasteiger partial charge on any atom is -0.497 e. The van der Waals surface area contributed by atoms with Crippen LogP contribution in [0.3, 0.4) is 0 Å². The Morgan fingerprint density at radius 2 is 1.70 bits per heavy atom. The maximum atomic E-state index is 13.1. The van der Waals surface area contributed by atoms with Gasteiger partial charge in [0, 0.05) is 49.4 Å². The quantitative estimate of drug-likeness (QED) is 0.658. The summed E-state index contributed by atoms with van der Waals surface area (Å²) in [6.45, 7) is 4.88. The van der Waals surface area contributed by atoms with Gasteiger partial charge in [-0.25, -0.2) is 9.37 Å². The molecule has 4 rings (SSSR count). The normalized spacial score (nSPS) is 15.1. The highest BCUT2D eigenvalue weighted by molar-refractivity contribution is 7.13. The maximum Gasteiger partial charge on any atom is 0.123 e. The fourth-order valence-electron chi connectivity index (χ4n) is 3.29. The van der Waals surface area contributed by atoms with Crippen LogP contribution >= 0.6 is 11.3 Å². The lowest BCUT2D eigenvalue weighted by Crippen LogP contribution is -2.46. The highest BCUT2D eigenvalue weighted by Crippen LogP contribution is 2.25. The van der Waals surface area contributed by atoms with E-state index < -0.39 is 0 Å². The molecule has 0 N–H and O–H groups in total. The Kier molecular flexibility index (Phi) is 5.36. The van der Waals surface area contributed by atoms with Gasteiger partial charge in [-0.3, -0.25) is 4.90 Å². The van der Waals surface area contributed by atoms with Gasteiger partial charge in [-0.05, 0) is 48.5 Å². The van der Waals surface area contributed by atoms with Crippen LogP contribution in [0.25, 0.3) is 10.6 Å². The summed E-state index contributed by atoms with van der Waals surface area (Å²) >= 11 is 1.62. The predicted octanol–water partition coefficient (Wildman–Crippen LogP) is 4.28. The number of piperazine rings is 1. The van der Waals surface area contributed by atoms with Gasteiger partial charge >= 0.3 is 0 Å². The molecule has 0 amide bonds. The van der Waals surface area contributed by atoms with Crippen LogP contribution in [0.2, 0.25) is 0 Å². The van der Waals surface area contributed by atoms with E-state index in [-0.39, 0.29) is 5.82 Å². The number of benzene rings is 2. The van der Waals surface area contributed by atoms with Crippen molar-refractivity contribution in [3.05, 3.63) is 65.4 Å². The first-order valence-corrected chi connectivity index (χ1v) is 9.91. The largest absolute Gasteiger partial charge is 0.497 e. The molecule has 1 aromatic heterocycles. The van der Waals surface area contributed by atoms with Gasteiger partial charge in [0.05, 0.1) is 12.8 Å². The molecule has 2 heterocycles. The molecule has 27 heavy (non-hydrogen) atoms. The second kappa shape index (κ2) is 8.06. The van der Waals surface area contributed by atoms with E-state index in [4.69, 9.17) is 9.72 Å². The van der Waals surface area contributed by atoms with Gasteiger partial charge in [0.1, 0.15) is 16.6 Å². The van der Waals surface area contributed by atoms with Gasteiger partial charge in [0.15, 0.2) is 0 Å². The molecule has 1 saturated heterocycles. The summed E-state index contributed by atoms with van der Waals surface area (Å²) in [5, 5.41) is 3.05. The first-order chi connectivity index (χ1) is 13.2. The van der Waals surface area contributed by atoms with E-state index in [1.165, 1.54) is 17.8 Å². The molecule has 1 aliphatic rings. The standard InChI is InChI=1S/C21H22FN3OS/c1-26-20-8-6-19(7-9-20)25-12-10-24(11-13-25)14-18-15-27-21(23-18)16-2-4-17(22)5-3-16/h2-9,15H,10-14H2,1H3. The van der Waals surface area contributed by atoms with Crippen LogP contribution in [-0.2, 0) is 6.54 Å². The smallest absolute Gasteiger partial charge is 0.123 e. The number of hydrogen-bond acceptors (Lipinski definition) is 5. The molecule has 0 saturated carbocycles. The number of ether oxygens (including phenoxy) is 1. The minimum absolute atomic E-state index is 0.217. The van der Waals surface area contributed by atoms with Gasteiger partial charge in [0.2, 0.25) is 0 Å². The third kappa shape index (κ3) is 4.28. The fourth-order valence-corrected chi connectivity index (χ4v) is 4.11. The Bertz CT molecular complexity index is 871. The van der Waals surface area contributed by atoms with E-state index in [1.54, 1.807) is 30.6 Å². The minimum atomic E-state index is -0.217. The molecule has 2 aromatic carbocycles. The highest BCUT2D eigenvalue weighted by atomic mass is 32.1. The zero-order chi connectivity index (χ0) is 18.6. The lowest BCUT2D eigenvalue weighted by Gasteiger charge is -2.35. The predicted molar refractivity (Wildman–Crippen MR) is 108 cm³/mol. The molecule has 0 radical (unpaired) electrons. The Balaban J connectivity index is 1.33. The molecule has 1 fully saturated rings. The summed E-state index contributed by atoms with van der Waals surface area (Å²) in [7, 11) is 1.69. The van der Waals surface area contributed by atoms with Crippen molar-refractivity contribution in [1.82, 2.24) is 9.88 Å². The molecule has 1 aliphatic heterocycles. The lowest BCUT2D eigenvalue weighted by atomic mass is 10.2. The SMILES string of the molecule is COc1ccc(N2CCN(Cc3csc(-c4ccc(F)cc4)n3)CC2)cc1. The fraction of sp³-hybridized carbons (Fsp3) is 0.286. The van der Waals surface area contributed by atoms with Gasteiger partial charge in [0.25, 0.3) is 0 Å². The number of halogens is 1. The first kappa shape index (κ1) is 17.9. The van der Waals surface area contributed by atoms with E-state index in [9.17, 15) is 4.39 Å². The Hall–Kier alpha value is -2.44. The summed E-state index contributed by atoms with van der Waals surface area (Å²) in [4.78, 5) is 9.57. The number of thiazole rings is 1. The molecule has 0 atom stereocenters. The zero-order valence-corrected chi connectivity index (χ0v) is 16.1. The summed E-state index contributed by atoms with van der Waals surface area (Å²) < 4.78 is 18.3. The molecule has 6 heteroatoms. The topological polar surface area (TPSA) is 28.6 Å². The number of rotatable bonds is 5. The van der Waals surface area contributed by atoms with Crippen LogP contribution in [0.1, 0.15) is 5.69 Å². The second-order valence-electron chi connectivity index (χ2n) is 6.61. The number of methoxy groups -OCH3 is 1. The van der Waals surface area contributed by atoms with Gasteiger partial charge in [-0.15, -0.1) is 11.3 Å². The molecule has 0 aliphatic carbocycles. The number of aromatic nitrogens is 1. The van der Waals surface area contributed by atoms with Crippen LogP contribution in [0, 0.1) is 5.82 Å². The third-order valence-electron chi connectivity index (χ3n) is 4.84. The van der Waals surface area contributed by atoms with Crippen LogP contribution in [-0.4, -0.2) is 43.2 Å². The van der Waals surface area contributed by atoms with Crippen molar-refractivity contribution < 1.29 is 9.13 Å². The number of nitrogens with zero attached hydrogens (tertiary/aromatic N) is 3. The summed E-state index contributed by atoms with van der Waals surface area (Å²) in [6.07, 6.45) is 0. The average Bonchev–Trinajstić information content (AvgIpc) is 3.18. The molecular formula is C21H22FN3OS. The van der Waals surface area contributed by atoms with Crippen molar-refractivity contribution in [3.63, 3.8) is 0 Å². The maximum absolute atomic E-state index is 13.1. The molecule has 0 spiro atoms. The number of anilines is 1. The van der Waals surface area contributed by atoms with Crippen molar-refractivity contribution in [1.29, 1.82) is 0 Å². The average molecular weight is 383 g/mol. The molecule has 140 valence electrons. The van der Waals surface area contributed by atoms with Crippen molar-refractivity contribution in [2.24, 2.45) is 0 Å². The Morgan fingerprint density at radius 3 is 2.37 bits per heavy atom. The van der Waals surface area contributed by atoms with E-state index in [0.717, 1.165) is 54.7 Å². The van der Waals surface area contributed by atoms with Crippen LogP contribution < -0.4 is 9.64 Å². The summed E-state index contributed by atoms with van der Waals surface area (Å²) in [5.41, 5.74) is 3.29. The van der Waals surface area contributed by atoms with Crippen LogP contribution in [0.5, 0.6) is 5.75 Å². The lowest BCUT2D eigenvalue weighted by molar-refractivity contribution is 0.247. The highest BCUT2D eigenvalue weighted by Gasteiger charge is 2.18. The first-order valence-electron chi connectivity index (χ1n) is 9.03. The monoisotopic (exact) mass is 383 g/mol. The van der Waals surface area contributed by atoms with Gasteiger partial charge in [-0.1, -0.05) is 0 Å². The molecule has 3 aromatic rings. The van der Waals surface area contributed by atoms with E-state index in [2.05, 4.69) is 27.3 Å². The van der Waals surface area contributed by atoms with Crippen molar-refractivity contribution in [3.8, 4) is 16.3 Å². The van der Waals surface area contributed by atoms with Gasteiger partial charge < -0.3 is 9.64 Å². The van der Waals surface area contributed by atoms with Crippen molar-refractivity contribution in [2.75, 3.05) is 38.2 Å². The molecular weight excluding hydrogens is 361 g/mol.